The zero-order valence-electron chi connectivity index (χ0n) is 11.7. The van der Waals surface area contributed by atoms with Crippen molar-refractivity contribution in [2.75, 3.05) is 45.1 Å². The Morgan fingerprint density at radius 2 is 1.84 bits per heavy atom. The van der Waals surface area contributed by atoms with Crippen molar-refractivity contribution in [2.45, 2.75) is 17.9 Å². The lowest BCUT2D eigenvalue weighted by atomic mass is 10.2. The van der Waals surface area contributed by atoms with Crippen molar-refractivity contribution in [3.63, 3.8) is 0 Å². The highest BCUT2D eigenvalue weighted by atomic mass is 32.2. The predicted molar refractivity (Wildman–Crippen MR) is 81.7 cm³/mol. The zero-order valence-corrected chi connectivity index (χ0v) is 12.5. The van der Waals surface area contributed by atoms with Crippen LogP contribution in [0.25, 0.3) is 0 Å². The lowest BCUT2D eigenvalue weighted by Crippen LogP contribution is -2.50. The molecule has 3 nitrogen and oxygen atoms in total. The molecule has 1 saturated heterocycles. The van der Waals surface area contributed by atoms with E-state index in [4.69, 9.17) is 5.11 Å². The van der Waals surface area contributed by atoms with Crippen molar-refractivity contribution in [3.05, 3.63) is 30.3 Å². The van der Waals surface area contributed by atoms with Gasteiger partial charge in [-0.3, -0.25) is 9.80 Å². The molecule has 106 valence electrons. The molecule has 0 radical (unpaired) electrons. The number of aliphatic hydroxyl groups excluding tert-OH is 1. The van der Waals surface area contributed by atoms with E-state index in [0.717, 1.165) is 38.5 Å². The number of thioether (sulfide) groups is 1. The minimum Gasteiger partial charge on any atom is -0.395 e. The lowest BCUT2D eigenvalue weighted by Gasteiger charge is -2.37. The molecule has 0 aliphatic carbocycles. The Morgan fingerprint density at radius 1 is 1.16 bits per heavy atom. The fourth-order valence-electron chi connectivity index (χ4n) is 2.35. The molecular formula is C15H24N2OS. The third-order valence-electron chi connectivity index (χ3n) is 3.71. The van der Waals surface area contributed by atoms with Gasteiger partial charge in [0.05, 0.1) is 6.61 Å². The quantitative estimate of drug-likeness (QED) is 0.804. The maximum atomic E-state index is 9.16. The second-order valence-electron chi connectivity index (χ2n) is 5.07. The summed E-state index contributed by atoms with van der Waals surface area (Å²) in [6, 6.07) is 10.9. The Morgan fingerprint density at radius 3 is 2.47 bits per heavy atom. The molecule has 0 amide bonds. The normalized spacial score (nSPS) is 19.5. The highest BCUT2D eigenvalue weighted by Gasteiger charge is 2.19. The van der Waals surface area contributed by atoms with Crippen LogP contribution in [0, 0.1) is 0 Å². The van der Waals surface area contributed by atoms with Crippen LogP contribution in [0.2, 0.25) is 0 Å². The molecule has 0 saturated carbocycles. The number of hydrogen-bond acceptors (Lipinski definition) is 4. The molecule has 1 fully saturated rings. The van der Waals surface area contributed by atoms with E-state index in [2.05, 4.69) is 47.1 Å². The fourth-order valence-corrected chi connectivity index (χ4v) is 3.29. The van der Waals surface area contributed by atoms with E-state index < -0.39 is 0 Å². The van der Waals surface area contributed by atoms with Gasteiger partial charge in [0.1, 0.15) is 0 Å². The molecular weight excluding hydrogens is 256 g/mol. The zero-order chi connectivity index (χ0) is 13.5. The van der Waals surface area contributed by atoms with Gasteiger partial charge in [0.15, 0.2) is 0 Å². The molecule has 1 aliphatic heterocycles. The van der Waals surface area contributed by atoms with Crippen LogP contribution in [0.3, 0.4) is 0 Å². The molecule has 1 aliphatic rings. The molecule has 0 aromatic heterocycles. The molecule has 2 rings (SSSR count). The Kier molecular flexibility index (Phi) is 6.17. The van der Waals surface area contributed by atoms with E-state index in [-0.39, 0.29) is 6.61 Å². The monoisotopic (exact) mass is 280 g/mol. The predicted octanol–water partition coefficient (Wildman–Crippen LogP) is 1.78. The molecule has 0 bridgehead atoms. The van der Waals surface area contributed by atoms with Gasteiger partial charge in [-0.2, -0.15) is 0 Å². The third-order valence-corrected chi connectivity index (χ3v) is 4.71. The van der Waals surface area contributed by atoms with Crippen molar-refractivity contribution in [1.29, 1.82) is 0 Å². The molecule has 4 heteroatoms. The average molecular weight is 280 g/mol. The van der Waals surface area contributed by atoms with Gasteiger partial charge in [-0.25, -0.2) is 0 Å². The number of hydrogen-bond donors (Lipinski definition) is 1. The number of rotatable bonds is 6. The topological polar surface area (TPSA) is 26.7 Å². The first-order valence-electron chi connectivity index (χ1n) is 7.04. The van der Waals surface area contributed by atoms with Crippen LogP contribution < -0.4 is 0 Å². The summed E-state index contributed by atoms with van der Waals surface area (Å²) in [6.07, 6.45) is 0. The van der Waals surface area contributed by atoms with E-state index in [9.17, 15) is 0 Å². The largest absolute Gasteiger partial charge is 0.395 e. The second-order valence-corrected chi connectivity index (χ2v) is 6.24. The summed E-state index contributed by atoms with van der Waals surface area (Å²) >= 11 is 1.93. The van der Waals surface area contributed by atoms with Crippen LogP contribution in [0.15, 0.2) is 35.2 Å². The number of piperazine rings is 1. The van der Waals surface area contributed by atoms with Gasteiger partial charge in [0, 0.05) is 49.4 Å². The fraction of sp³-hybridized carbons (Fsp3) is 0.600. The minimum absolute atomic E-state index is 0.268. The Hall–Kier alpha value is -0.550. The number of aliphatic hydroxyl groups is 1. The summed E-state index contributed by atoms with van der Waals surface area (Å²) in [6.45, 7) is 7.93. The van der Waals surface area contributed by atoms with E-state index in [1.54, 1.807) is 0 Å². The standard InChI is InChI=1S/C15H24N2OS/c1-14(13-18)17-9-7-16(8-10-17)11-12-19-15-5-3-2-4-6-15/h2-6,14,18H,7-13H2,1H3/t14-/m1/s1. The van der Waals surface area contributed by atoms with Crippen molar-refractivity contribution in [3.8, 4) is 0 Å². The van der Waals surface area contributed by atoms with Crippen LogP contribution in [-0.4, -0.2) is 66.0 Å². The van der Waals surface area contributed by atoms with E-state index >= 15 is 0 Å². The van der Waals surface area contributed by atoms with Gasteiger partial charge in [0.2, 0.25) is 0 Å². The highest BCUT2D eigenvalue weighted by Crippen LogP contribution is 2.17. The van der Waals surface area contributed by atoms with Gasteiger partial charge in [-0.1, -0.05) is 18.2 Å². The van der Waals surface area contributed by atoms with Crippen molar-refractivity contribution in [2.24, 2.45) is 0 Å². The van der Waals surface area contributed by atoms with Crippen LogP contribution in [0.4, 0.5) is 0 Å². The van der Waals surface area contributed by atoms with Gasteiger partial charge >= 0.3 is 0 Å². The first-order valence-corrected chi connectivity index (χ1v) is 8.03. The van der Waals surface area contributed by atoms with Crippen LogP contribution in [0.1, 0.15) is 6.92 Å². The first-order chi connectivity index (χ1) is 9.29. The Bertz CT molecular complexity index is 352. The van der Waals surface area contributed by atoms with E-state index in [1.165, 1.54) is 4.90 Å². The SMILES string of the molecule is C[C@H](CO)N1CCN(CCSc2ccccc2)CC1. The average Bonchev–Trinajstić information content (AvgIpc) is 2.48. The van der Waals surface area contributed by atoms with Crippen LogP contribution >= 0.6 is 11.8 Å². The van der Waals surface area contributed by atoms with Crippen LogP contribution in [-0.2, 0) is 0 Å². The van der Waals surface area contributed by atoms with Crippen molar-refractivity contribution >= 4 is 11.8 Å². The smallest absolute Gasteiger partial charge is 0.0584 e. The number of nitrogens with zero attached hydrogens (tertiary/aromatic N) is 2. The second kappa shape index (κ2) is 7.90. The summed E-state index contributed by atoms with van der Waals surface area (Å²) in [5.41, 5.74) is 0. The maximum Gasteiger partial charge on any atom is 0.0584 e. The summed E-state index contributed by atoms with van der Waals surface area (Å²) in [5, 5.41) is 9.16. The summed E-state index contributed by atoms with van der Waals surface area (Å²) in [7, 11) is 0. The molecule has 19 heavy (non-hydrogen) atoms. The van der Waals surface area contributed by atoms with Crippen molar-refractivity contribution < 1.29 is 5.11 Å². The summed E-state index contributed by atoms with van der Waals surface area (Å²) in [4.78, 5) is 6.26. The van der Waals surface area contributed by atoms with Gasteiger partial charge in [0.25, 0.3) is 0 Å². The van der Waals surface area contributed by atoms with Crippen LogP contribution in [0.5, 0.6) is 0 Å². The maximum absolute atomic E-state index is 9.16. The van der Waals surface area contributed by atoms with Gasteiger partial charge in [-0.05, 0) is 19.1 Å². The lowest BCUT2D eigenvalue weighted by molar-refractivity contribution is 0.0761. The highest BCUT2D eigenvalue weighted by molar-refractivity contribution is 7.99. The Labute approximate surface area is 120 Å². The third kappa shape index (κ3) is 4.80. The molecule has 1 N–H and O–H groups in total. The van der Waals surface area contributed by atoms with E-state index in [1.807, 2.05) is 11.8 Å². The molecule has 0 spiro atoms. The van der Waals surface area contributed by atoms with E-state index in [0.29, 0.717) is 6.04 Å². The molecule has 1 heterocycles. The summed E-state index contributed by atoms with van der Waals surface area (Å²) in [5.74, 6) is 1.15. The van der Waals surface area contributed by atoms with Gasteiger partial charge < -0.3 is 5.11 Å². The minimum atomic E-state index is 0.268. The molecule has 0 unspecified atom stereocenters. The summed E-state index contributed by atoms with van der Waals surface area (Å²) < 4.78 is 0. The molecule has 1 atom stereocenters. The molecule has 1 aromatic rings. The molecule has 1 aromatic carbocycles. The number of benzene rings is 1. The van der Waals surface area contributed by atoms with Gasteiger partial charge in [-0.15, -0.1) is 11.8 Å². The first kappa shape index (κ1) is 14.9. The van der Waals surface area contributed by atoms with Crippen molar-refractivity contribution in [1.82, 2.24) is 9.80 Å². The Balaban J connectivity index is 1.63.